The van der Waals surface area contributed by atoms with Crippen molar-refractivity contribution in [3.8, 4) is 0 Å². The Morgan fingerprint density at radius 3 is 2.44 bits per heavy atom. The Balaban J connectivity index is 0.00000576. The number of carbonyl (C=O) groups excluding carboxylic acids is 1. The number of rotatable bonds is 6. The van der Waals surface area contributed by atoms with E-state index in [9.17, 15) is 13.2 Å². The van der Waals surface area contributed by atoms with Gasteiger partial charge in [-0.05, 0) is 26.7 Å². The highest BCUT2D eigenvalue weighted by atomic mass is 127. The van der Waals surface area contributed by atoms with Crippen molar-refractivity contribution >= 4 is 45.9 Å². The lowest BCUT2D eigenvalue weighted by Gasteiger charge is -2.26. The summed E-state index contributed by atoms with van der Waals surface area (Å²) in [5.74, 6) is 0.462. The monoisotopic (exact) mass is 490 g/mol. The highest BCUT2D eigenvalue weighted by Crippen LogP contribution is 2.24. The van der Waals surface area contributed by atoms with Crippen LogP contribution in [0, 0.1) is 11.8 Å². The normalized spacial score (nSPS) is 21.7. The van der Waals surface area contributed by atoms with Gasteiger partial charge in [-0.1, -0.05) is 6.92 Å². The summed E-state index contributed by atoms with van der Waals surface area (Å²) in [5, 5.41) is 3.20. The van der Waals surface area contributed by atoms with Gasteiger partial charge in [0, 0.05) is 25.2 Å². The molecule has 148 valence electrons. The second-order valence-corrected chi connectivity index (χ2v) is 8.69. The maximum atomic E-state index is 11.8. The molecule has 0 aliphatic carbocycles. The Kier molecular flexibility index (Phi) is 9.66. The molecule has 0 aromatic rings. The van der Waals surface area contributed by atoms with E-state index in [0.29, 0.717) is 25.6 Å². The van der Waals surface area contributed by atoms with Crippen LogP contribution >= 0.6 is 24.0 Å². The fourth-order valence-corrected chi connectivity index (χ4v) is 3.90. The fourth-order valence-electron chi connectivity index (χ4n) is 2.83. The van der Waals surface area contributed by atoms with Gasteiger partial charge in [-0.25, -0.2) is 13.1 Å². The predicted molar refractivity (Wildman–Crippen MR) is 110 cm³/mol. The zero-order valence-corrected chi connectivity index (χ0v) is 19.0. The van der Waals surface area contributed by atoms with Gasteiger partial charge in [0.05, 0.1) is 25.8 Å². The van der Waals surface area contributed by atoms with Crippen molar-refractivity contribution in [2.45, 2.75) is 33.2 Å². The summed E-state index contributed by atoms with van der Waals surface area (Å²) in [5.41, 5.74) is -0.693. The van der Waals surface area contributed by atoms with Gasteiger partial charge in [0.2, 0.25) is 10.0 Å². The Bertz CT molecular complexity index is 580. The van der Waals surface area contributed by atoms with Crippen molar-refractivity contribution in [1.82, 2.24) is 14.9 Å². The van der Waals surface area contributed by atoms with E-state index >= 15 is 0 Å². The van der Waals surface area contributed by atoms with E-state index in [1.54, 1.807) is 13.8 Å². The number of hydrogen-bond donors (Lipinski definition) is 2. The lowest BCUT2D eigenvalue weighted by Crippen LogP contribution is -2.47. The molecule has 0 amide bonds. The van der Waals surface area contributed by atoms with Crippen LogP contribution in [0.15, 0.2) is 4.99 Å². The quantitative estimate of drug-likeness (QED) is 0.245. The molecular weight excluding hydrogens is 459 g/mol. The highest BCUT2D eigenvalue weighted by Gasteiger charge is 2.37. The zero-order valence-electron chi connectivity index (χ0n) is 15.8. The third-order valence-electron chi connectivity index (χ3n) is 3.84. The maximum Gasteiger partial charge on any atom is 0.310 e. The van der Waals surface area contributed by atoms with Crippen LogP contribution in [0.25, 0.3) is 0 Å². The van der Waals surface area contributed by atoms with E-state index < -0.39 is 15.6 Å². The number of halogens is 1. The van der Waals surface area contributed by atoms with Crippen molar-refractivity contribution in [2.24, 2.45) is 16.8 Å². The minimum Gasteiger partial charge on any atom is -0.469 e. The second-order valence-electron chi connectivity index (χ2n) is 6.94. The minimum absolute atomic E-state index is 0. The maximum absolute atomic E-state index is 11.8. The summed E-state index contributed by atoms with van der Waals surface area (Å²) in [6.07, 6.45) is 1.13. The third kappa shape index (κ3) is 8.07. The summed E-state index contributed by atoms with van der Waals surface area (Å²) >= 11 is 0. The van der Waals surface area contributed by atoms with Crippen molar-refractivity contribution in [3.05, 3.63) is 0 Å². The van der Waals surface area contributed by atoms with Crippen LogP contribution in [-0.4, -0.2) is 70.3 Å². The number of guanidine groups is 1. The van der Waals surface area contributed by atoms with Gasteiger partial charge in [-0.2, -0.15) is 0 Å². The number of nitrogens with zero attached hydrogens (tertiary/aromatic N) is 2. The standard InChI is InChI=1S/C15H30N4O4S.HI/c1-7-16-14(17-10-15(3,4)18-24(6,21)22)19-8-11(2)12(9-19)13(20)23-5;/h11-12,18H,7-10H2,1-6H3,(H,16,17);1H. The number of nitrogens with one attached hydrogen (secondary N) is 2. The molecule has 1 rings (SSSR count). The van der Waals surface area contributed by atoms with E-state index in [-0.39, 0.29) is 48.3 Å². The Labute approximate surface area is 168 Å². The van der Waals surface area contributed by atoms with Gasteiger partial charge in [-0.15, -0.1) is 24.0 Å². The molecular formula is C15H31IN4O4S. The average molecular weight is 490 g/mol. The summed E-state index contributed by atoms with van der Waals surface area (Å²) in [6, 6.07) is 0. The first kappa shape index (κ1) is 24.4. The third-order valence-corrected chi connectivity index (χ3v) is 4.76. The van der Waals surface area contributed by atoms with Gasteiger partial charge in [0.15, 0.2) is 5.96 Å². The first-order valence-corrected chi connectivity index (χ1v) is 9.98. The molecule has 2 N–H and O–H groups in total. The molecule has 1 aliphatic rings. The number of sulfonamides is 1. The topological polar surface area (TPSA) is 100 Å². The molecule has 0 aromatic carbocycles. The van der Waals surface area contributed by atoms with E-state index in [2.05, 4.69) is 15.0 Å². The van der Waals surface area contributed by atoms with Crippen molar-refractivity contribution in [3.63, 3.8) is 0 Å². The number of esters is 1. The molecule has 0 aromatic heterocycles. The Morgan fingerprint density at radius 1 is 1.36 bits per heavy atom. The van der Waals surface area contributed by atoms with E-state index in [1.165, 1.54) is 7.11 Å². The van der Waals surface area contributed by atoms with Crippen LogP contribution in [-0.2, 0) is 19.6 Å². The van der Waals surface area contributed by atoms with Crippen LogP contribution in [0.5, 0.6) is 0 Å². The summed E-state index contributed by atoms with van der Waals surface area (Å²) in [6.45, 7) is 9.76. The summed E-state index contributed by atoms with van der Waals surface area (Å²) in [4.78, 5) is 18.4. The van der Waals surface area contributed by atoms with Gasteiger partial charge in [-0.3, -0.25) is 9.79 Å². The van der Waals surface area contributed by atoms with E-state index in [0.717, 1.165) is 6.26 Å². The average Bonchev–Trinajstić information content (AvgIpc) is 2.82. The van der Waals surface area contributed by atoms with Crippen LogP contribution in [0.4, 0.5) is 0 Å². The number of methoxy groups -OCH3 is 1. The minimum atomic E-state index is -3.31. The second kappa shape index (κ2) is 9.91. The lowest BCUT2D eigenvalue weighted by molar-refractivity contribution is -0.145. The van der Waals surface area contributed by atoms with Crippen LogP contribution < -0.4 is 10.0 Å². The van der Waals surface area contributed by atoms with Crippen molar-refractivity contribution in [1.29, 1.82) is 0 Å². The van der Waals surface area contributed by atoms with Crippen molar-refractivity contribution < 1.29 is 17.9 Å². The number of likely N-dealkylation sites (tertiary alicyclic amines) is 1. The fraction of sp³-hybridized carbons (Fsp3) is 0.867. The molecule has 2 unspecified atom stereocenters. The highest BCUT2D eigenvalue weighted by molar-refractivity contribution is 14.0. The molecule has 0 bridgehead atoms. The summed E-state index contributed by atoms with van der Waals surface area (Å²) in [7, 11) is -1.91. The zero-order chi connectivity index (χ0) is 18.5. The molecule has 1 heterocycles. The first-order chi connectivity index (χ1) is 11.0. The molecule has 8 nitrogen and oxygen atoms in total. The molecule has 1 aliphatic heterocycles. The lowest BCUT2D eigenvalue weighted by atomic mass is 9.99. The van der Waals surface area contributed by atoms with Crippen LogP contribution in [0.1, 0.15) is 27.7 Å². The smallest absolute Gasteiger partial charge is 0.310 e. The summed E-state index contributed by atoms with van der Waals surface area (Å²) < 4.78 is 30.3. The molecule has 0 saturated carbocycles. The van der Waals surface area contributed by atoms with Crippen LogP contribution in [0.2, 0.25) is 0 Å². The molecule has 10 heteroatoms. The van der Waals surface area contributed by atoms with Gasteiger partial charge in [0.1, 0.15) is 0 Å². The van der Waals surface area contributed by atoms with Crippen molar-refractivity contribution in [2.75, 3.05) is 39.5 Å². The number of carbonyl (C=O) groups is 1. The number of ether oxygens (including phenoxy) is 1. The molecule has 1 saturated heterocycles. The van der Waals surface area contributed by atoms with Gasteiger partial charge >= 0.3 is 5.97 Å². The van der Waals surface area contributed by atoms with E-state index in [4.69, 9.17) is 4.74 Å². The molecule has 2 atom stereocenters. The Hall–Kier alpha value is -0.620. The predicted octanol–water partition coefficient (Wildman–Crippen LogP) is 0.639. The van der Waals surface area contributed by atoms with Gasteiger partial charge in [0.25, 0.3) is 0 Å². The Morgan fingerprint density at radius 2 is 1.96 bits per heavy atom. The largest absolute Gasteiger partial charge is 0.469 e. The number of hydrogen-bond acceptors (Lipinski definition) is 5. The van der Waals surface area contributed by atoms with Crippen LogP contribution in [0.3, 0.4) is 0 Å². The van der Waals surface area contributed by atoms with Gasteiger partial charge < -0.3 is 15.0 Å². The first-order valence-electron chi connectivity index (χ1n) is 8.09. The molecule has 25 heavy (non-hydrogen) atoms. The molecule has 0 spiro atoms. The number of aliphatic imine (C=N–C) groups is 1. The molecule has 0 radical (unpaired) electrons. The molecule has 1 fully saturated rings. The SMILES string of the molecule is CCNC(=NCC(C)(C)NS(C)(=O)=O)N1CC(C)C(C(=O)OC)C1.I. The van der Waals surface area contributed by atoms with E-state index in [1.807, 2.05) is 18.7 Å².